The minimum Gasteiger partial charge on any atom is -0.355 e. The molecule has 0 bridgehead atoms. The number of hydrogen-bond acceptors (Lipinski definition) is 4. The first-order valence-electron chi connectivity index (χ1n) is 5.30. The first-order chi connectivity index (χ1) is 8.86. The molecule has 102 valence electrons. The molecule has 0 atom stereocenters. The van der Waals surface area contributed by atoms with Crippen LogP contribution in [0, 0.1) is 11.3 Å². The second-order valence-electron chi connectivity index (χ2n) is 3.64. The zero-order chi connectivity index (χ0) is 14.5. The van der Waals surface area contributed by atoms with Crippen LogP contribution < -0.4 is 10.0 Å². The molecule has 0 heterocycles. The summed E-state index contributed by atoms with van der Waals surface area (Å²) in [5, 5.41) is 11.2. The van der Waals surface area contributed by atoms with Gasteiger partial charge in [0, 0.05) is 20.0 Å². The van der Waals surface area contributed by atoms with Gasteiger partial charge in [-0.3, -0.25) is 4.79 Å². The number of carbonyl (C=O) groups excluding carboxylic acids is 1. The van der Waals surface area contributed by atoms with Gasteiger partial charge < -0.3 is 5.32 Å². The van der Waals surface area contributed by atoms with Crippen LogP contribution >= 0.6 is 11.6 Å². The fourth-order valence-corrected chi connectivity index (χ4v) is 2.84. The maximum Gasteiger partial charge on any atom is 0.242 e. The fourth-order valence-electron chi connectivity index (χ4n) is 1.28. The van der Waals surface area contributed by atoms with Crippen molar-refractivity contribution < 1.29 is 13.2 Å². The molecule has 0 radical (unpaired) electrons. The number of carbonyl (C=O) groups is 1. The van der Waals surface area contributed by atoms with E-state index in [1.165, 1.54) is 25.1 Å². The highest BCUT2D eigenvalue weighted by Gasteiger charge is 2.17. The van der Waals surface area contributed by atoms with Gasteiger partial charge in [0.05, 0.1) is 16.7 Å². The molecule has 0 unspecified atom stereocenters. The molecule has 0 aliphatic carbocycles. The third-order valence-electron chi connectivity index (χ3n) is 2.14. The van der Waals surface area contributed by atoms with Crippen LogP contribution in [0.5, 0.6) is 0 Å². The van der Waals surface area contributed by atoms with Crippen molar-refractivity contribution in [3.8, 4) is 6.07 Å². The molecule has 0 aliphatic heterocycles. The van der Waals surface area contributed by atoms with Crippen molar-refractivity contribution in [3.63, 3.8) is 0 Å². The van der Waals surface area contributed by atoms with E-state index in [0.29, 0.717) is 0 Å². The predicted octanol–water partition coefficient (Wildman–Crippen LogP) is 0.626. The Bertz CT molecular complexity index is 623. The van der Waals surface area contributed by atoms with Gasteiger partial charge in [-0.05, 0) is 18.2 Å². The zero-order valence-corrected chi connectivity index (χ0v) is 11.7. The maximum atomic E-state index is 11.9. The third-order valence-corrected chi connectivity index (χ3v) is 4.08. The molecule has 0 aliphatic rings. The van der Waals surface area contributed by atoms with Gasteiger partial charge in [-0.1, -0.05) is 11.6 Å². The summed E-state index contributed by atoms with van der Waals surface area (Å²) < 4.78 is 26.2. The van der Waals surface area contributed by atoms with Crippen LogP contribution in [0.2, 0.25) is 5.02 Å². The Morgan fingerprint density at radius 2 is 2.11 bits per heavy atom. The lowest BCUT2D eigenvalue weighted by Crippen LogP contribution is -2.33. The number of hydrogen-bond donors (Lipinski definition) is 2. The quantitative estimate of drug-likeness (QED) is 0.779. The predicted molar refractivity (Wildman–Crippen MR) is 70.0 cm³/mol. The number of nitrogens with zero attached hydrogens (tertiary/aromatic N) is 1. The van der Waals surface area contributed by atoms with Crippen molar-refractivity contribution in [2.24, 2.45) is 0 Å². The van der Waals surface area contributed by atoms with Crippen LogP contribution in [0.3, 0.4) is 0 Å². The molecular formula is C11H12ClN3O3S. The second-order valence-corrected chi connectivity index (χ2v) is 5.78. The number of halogens is 1. The van der Waals surface area contributed by atoms with Crippen molar-refractivity contribution in [3.05, 3.63) is 28.8 Å². The van der Waals surface area contributed by atoms with E-state index in [1.807, 2.05) is 6.07 Å². The number of rotatable bonds is 5. The average Bonchev–Trinajstić information content (AvgIpc) is 2.35. The number of sulfonamides is 1. The largest absolute Gasteiger partial charge is 0.355 e. The van der Waals surface area contributed by atoms with E-state index < -0.39 is 10.0 Å². The van der Waals surface area contributed by atoms with Crippen LogP contribution in [0.4, 0.5) is 0 Å². The highest BCUT2D eigenvalue weighted by molar-refractivity contribution is 7.89. The summed E-state index contributed by atoms with van der Waals surface area (Å²) in [5.74, 6) is -0.247. The van der Waals surface area contributed by atoms with Crippen LogP contribution in [0.1, 0.15) is 12.5 Å². The minimum atomic E-state index is -3.81. The molecule has 6 nitrogen and oxygen atoms in total. The first-order valence-corrected chi connectivity index (χ1v) is 7.16. The van der Waals surface area contributed by atoms with Crippen molar-refractivity contribution in [1.82, 2.24) is 10.0 Å². The molecule has 0 fully saturated rings. The lowest BCUT2D eigenvalue weighted by atomic mass is 10.2. The molecule has 1 aromatic rings. The first kappa shape index (κ1) is 15.4. The van der Waals surface area contributed by atoms with Gasteiger partial charge in [0.2, 0.25) is 15.9 Å². The lowest BCUT2D eigenvalue weighted by molar-refractivity contribution is -0.118. The van der Waals surface area contributed by atoms with Gasteiger partial charge in [0.25, 0.3) is 0 Å². The molecule has 0 saturated heterocycles. The van der Waals surface area contributed by atoms with Crippen molar-refractivity contribution in [2.45, 2.75) is 11.8 Å². The molecular weight excluding hydrogens is 290 g/mol. The Hall–Kier alpha value is -1.62. The third kappa shape index (κ3) is 4.52. The molecule has 19 heavy (non-hydrogen) atoms. The van der Waals surface area contributed by atoms with Gasteiger partial charge >= 0.3 is 0 Å². The van der Waals surface area contributed by atoms with E-state index in [-0.39, 0.29) is 34.5 Å². The summed E-state index contributed by atoms with van der Waals surface area (Å²) in [7, 11) is -3.81. The van der Waals surface area contributed by atoms with E-state index in [1.54, 1.807) is 0 Å². The number of benzene rings is 1. The molecule has 0 aromatic heterocycles. The van der Waals surface area contributed by atoms with Gasteiger partial charge in [-0.15, -0.1) is 0 Å². The molecule has 1 rings (SSSR count). The Kier molecular flexibility index (Phi) is 5.30. The van der Waals surface area contributed by atoms with E-state index in [0.717, 1.165) is 0 Å². The summed E-state index contributed by atoms with van der Waals surface area (Å²) in [5.41, 5.74) is 0.201. The SMILES string of the molecule is CC(=O)NCCNS(=O)(=O)c1cc(C#N)ccc1Cl. The van der Waals surface area contributed by atoms with E-state index in [2.05, 4.69) is 10.0 Å². The Balaban J connectivity index is 2.83. The second kappa shape index (κ2) is 6.52. The molecule has 2 N–H and O–H groups in total. The van der Waals surface area contributed by atoms with Crippen molar-refractivity contribution in [1.29, 1.82) is 5.26 Å². The molecule has 1 amide bonds. The molecule has 0 spiro atoms. The fraction of sp³-hybridized carbons (Fsp3) is 0.273. The highest BCUT2D eigenvalue weighted by atomic mass is 35.5. The van der Waals surface area contributed by atoms with Gasteiger partial charge in [-0.2, -0.15) is 5.26 Å². The van der Waals surface area contributed by atoms with Gasteiger partial charge in [0.1, 0.15) is 4.90 Å². The monoisotopic (exact) mass is 301 g/mol. The average molecular weight is 302 g/mol. The zero-order valence-electron chi connectivity index (χ0n) is 10.1. The summed E-state index contributed by atoms with van der Waals surface area (Å²) in [6.07, 6.45) is 0. The number of amides is 1. The minimum absolute atomic E-state index is 0.0334. The molecule has 8 heteroatoms. The number of nitriles is 1. The Morgan fingerprint density at radius 1 is 1.42 bits per heavy atom. The van der Waals surface area contributed by atoms with E-state index in [9.17, 15) is 13.2 Å². The van der Waals surface area contributed by atoms with E-state index >= 15 is 0 Å². The Labute approximate surface area is 116 Å². The summed E-state index contributed by atoms with van der Waals surface area (Å²) >= 11 is 5.80. The van der Waals surface area contributed by atoms with Gasteiger partial charge in [0.15, 0.2) is 0 Å². The molecule has 0 saturated carbocycles. The van der Waals surface area contributed by atoms with Crippen LogP contribution in [-0.2, 0) is 14.8 Å². The maximum absolute atomic E-state index is 11.9. The smallest absolute Gasteiger partial charge is 0.242 e. The van der Waals surface area contributed by atoms with Crippen LogP contribution in [-0.4, -0.2) is 27.4 Å². The summed E-state index contributed by atoms with van der Waals surface area (Å²) in [4.78, 5) is 10.5. The highest BCUT2D eigenvalue weighted by Crippen LogP contribution is 2.22. The van der Waals surface area contributed by atoms with Crippen molar-refractivity contribution >= 4 is 27.5 Å². The van der Waals surface area contributed by atoms with Gasteiger partial charge in [-0.25, -0.2) is 13.1 Å². The van der Waals surface area contributed by atoms with Crippen LogP contribution in [0.15, 0.2) is 23.1 Å². The van der Waals surface area contributed by atoms with Crippen LogP contribution in [0.25, 0.3) is 0 Å². The summed E-state index contributed by atoms with van der Waals surface area (Å²) in [6, 6.07) is 5.82. The number of nitrogens with one attached hydrogen (secondary N) is 2. The standard InChI is InChI=1S/C11H12ClN3O3S/c1-8(16)14-4-5-15-19(17,18)11-6-9(7-13)2-3-10(11)12/h2-3,6,15H,4-5H2,1H3,(H,14,16). The topological polar surface area (TPSA) is 99.1 Å². The Morgan fingerprint density at radius 3 is 2.68 bits per heavy atom. The van der Waals surface area contributed by atoms with Crippen molar-refractivity contribution in [2.75, 3.05) is 13.1 Å². The molecule has 1 aromatic carbocycles. The summed E-state index contributed by atoms with van der Waals surface area (Å²) in [6.45, 7) is 1.54. The van der Waals surface area contributed by atoms with E-state index in [4.69, 9.17) is 16.9 Å². The normalized spacial score (nSPS) is 10.8. The lowest BCUT2D eigenvalue weighted by Gasteiger charge is -2.08.